The highest BCUT2D eigenvalue weighted by Gasteiger charge is 2.32. The summed E-state index contributed by atoms with van der Waals surface area (Å²) in [6.07, 6.45) is 0.796. The first-order chi connectivity index (χ1) is 19.0. The van der Waals surface area contributed by atoms with Crippen LogP contribution in [-0.4, -0.2) is 59.9 Å². The highest BCUT2D eigenvalue weighted by Crippen LogP contribution is 2.35. The van der Waals surface area contributed by atoms with Crippen molar-refractivity contribution < 1.29 is 43.5 Å². The third kappa shape index (κ3) is 6.39. The Morgan fingerprint density at radius 2 is 1.88 bits per heavy atom. The van der Waals surface area contributed by atoms with Crippen molar-refractivity contribution in [1.82, 2.24) is 16.1 Å². The van der Waals surface area contributed by atoms with Gasteiger partial charge in [0.1, 0.15) is 0 Å². The summed E-state index contributed by atoms with van der Waals surface area (Å²) in [6, 6.07) is 4.53. The standard InChI is InChI=1S/C23H22N6O11/c1-11-19(22(32)39-3)20(26-23(33)25-11)12-4-5-16(17(7-12)38-2)40-10-18(30)27-24-9-13-6-14(28(34)35)8-15(21(13)31)29(36)37/h4-9,20,31H,10H2,1-3H3,(H,27,30)(H2,25,26,33)/b24-9-/t20-/m0/s1. The van der Waals surface area contributed by atoms with E-state index in [-0.39, 0.29) is 22.6 Å². The molecule has 0 aliphatic carbocycles. The Hall–Kier alpha value is -5.74. The number of hydrazone groups is 1. The van der Waals surface area contributed by atoms with Crippen LogP contribution >= 0.6 is 0 Å². The fourth-order valence-corrected chi connectivity index (χ4v) is 3.63. The predicted molar refractivity (Wildman–Crippen MR) is 135 cm³/mol. The summed E-state index contributed by atoms with van der Waals surface area (Å²) in [5.74, 6) is -2.03. The lowest BCUT2D eigenvalue weighted by Crippen LogP contribution is -2.45. The summed E-state index contributed by atoms with van der Waals surface area (Å²) >= 11 is 0. The molecule has 2 aromatic carbocycles. The van der Waals surface area contributed by atoms with Gasteiger partial charge >= 0.3 is 17.7 Å². The second-order valence-corrected chi connectivity index (χ2v) is 7.97. The molecule has 0 saturated carbocycles. The number of phenols is 1. The normalized spacial score (nSPS) is 14.7. The van der Waals surface area contributed by atoms with E-state index in [0.29, 0.717) is 17.3 Å². The minimum absolute atomic E-state index is 0.123. The molecule has 0 bridgehead atoms. The van der Waals surface area contributed by atoms with Crippen molar-refractivity contribution in [2.75, 3.05) is 20.8 Å². The van der Waals surface area contributed by atoms with Gasteiger partial charge in [-0.05, 0) is 24.6 Å². The minimum Gasteiger partial charge on any atom is -0.502 e. The molecule has 1 aliphatic heterocycles. The first kappa shape index (κ1) is 28.8. The number of allylic oxidation sites excluding steroid dienone is 1. The van der Waals surface area contributed by atoms with E-state index in [1.807, 2.05) is 0 Å². The Bertz CT molecular complexity index is 1450. The van der Waals surface area contributed by atoms with Crippen LogP contribution in [0.5, 0.6) is 17.2 Å². The quantitative estimate of drug-likeness (QED) is 0.141. The van der Waals surface area contributed by atoms with Gasteiger partial charge in [-0.1, -0.05) is 6.07 Å². The molecule has 0 spiro atoms. The molecule has 0 unspecified atom stereocenters. The second kappa shape index (κ2) is 12.2. The van der Waals surface area contributed by atoms with Crippen molar-refractivity contribution in [2.24, 2.45) is 5.10 Å². The lowest BCUT2D eigenvalue weighted by Gasteiger charge is -2.28. The molecule has 0 saturated heterocycles. The Labute approximate surface area is 224 Å². The smallest absolute Gasteiger partial charge is 0.337 e. The van der Waals surface area contributed by atoms with Gasteiger partial charge in [0.15, 0.2) is 18.1 Å². The molecule has 1 atom stereocenters. The van der Waals surface area contributed by atoms with Crippen LogP contribution in [0.4, 0.5) is 16.2 Å². The van der Waals surface area contributed by atoms with E-state index in [1.165, 1.54) is 26.4 Å². The molecule has 17 heteroatoms. The van der Waals surface area contributed by atoms with Crippen LogP contribution in [0.2, 0.25) is 0 Å². The van der Waals surface area contributed by atoms with E-state index in [9.17, 15) is 39.7 Å². The monoisotopic (exact) mass is 558 g/mol. The third-order valence-electron chi connectivity index (χ3n) is 5.46. The Morgan fingerprint density at radius 3 is 2.50 bits per heavy atom. The van der Waals surface area contributed by atoms with Crippen molar-refractivity contribution in [3.05, 3.63) is 73.0 Å². The van der Waals surface area contributed by atoms with Gasteiger partial charge in [-0.15, -0.1) is 0 Å². The zero-order valence-corrected chi connectivity index (χ0v) is 21.1. The number of urea groups is 1. The molecule has 0 radical (unpaired) electrons. The highest BCUT2D eigenvalue weighted by molar-refractivity contribution is 5.95. The molecule has 0 aromatic heterocycles. The molecule has 210 valence electrons. The first-order valence-electron chi connectivity index (χ1n) is 11.1. The molecular formula is C23H22N6O11. The summed E-state index contributed by atoms with van der Waals surface area (Å²) in [4.78, 5) is 56.7. The summed E-state index contributed by atoms with van der Waals surface area (Å²) < 4.78 is 15.6. The van der Waals surface area contributed by atoms with Crippen LogP contribution in [0.1, 0.15) is 24.1 Å². The lowest BCUT2D eigenvalue weighted by molar-refractivity contribution is -0.394. The molecule has 40 heavy (non-hydrogen) atoms. The van der Waals surface area contributed by atoms with E-state index in [4.69, 9.17) is 14.2 Å². The number of esters is 1. The largest absolute Gasteiger partial charge is 0.502 e. The Balaban J connectivity index is 1.72. The number of rotatable bonds is 10. The number of nitro groups is 2. The molecule has 1 heterocycles. The number of amides is 3. The second-order valence-electron chi connectivity index (χ2n) is 7.97. The number of hydrogen-bond donors (Lipinski definition) is 4. The summed E-state index contributed by atoms with van der Waals surface area (Å²) in [5.41, 5.74) is 1.06. The predicted octanol–water partition coefficient (Wildman–Crippen LogP) is 1.55. The zero-order valence-electron chi connectivity index (χ0n) is 21.1. The summed E-state index contributed by atoms with van der Waals surface area (Å²) in [5, 5.41) is 40.7. The number of nitrogens with one attached hydrogen (secondary N) is 3. The van der Waals surface area contributed by atoms with E-state index in [2.05, 4.69) is 21.2 Å². The molecule has 17 nitrogen and oxygen atoms in total. The number of carbonyl (C=O) groups is 3. The average molecular weight is 558 g/mol. The molecule has 2 aromatic rings. The van der Waals surface area contributed by atoms with E-state index in [0.717, 1.165) is 12.3 Å². The van der Waals surface area contributed by atoms with Gasteiger partial charge in [-0.2, -0.15) is 5.10 Å². The number of methoxy groups -OCH3 is 2. The van der Waals surface area contributed by atoms with Gasteiger partial charge in [0, 0.05) is 11.8 Å². The van der Waals surface area contributed by atoms with Crippen LogP contribution in [-0.2, 0) is 14.3 Å². The molecule has 3 rings (SSSR count). The summed E-state index contributed by atoms with van der Waals surface area (Å²) in [6.45, 7) is 0.972. The van der Waals surface area contributed by atoms with Crippen molar-refractivity contribution in [1.29, 1.82) is 0 Å². The molecular weight excluding hydrogens is 536 g/mol. The SMILES string of the molecule is COC(=O)C1=C(C)NC(=O)N[C@H]1c1ccc(OCC(=O)N/N=C\c2cc([N+](=O)[O-])cc([N+](=O)[O-])c2O)c(OC)c1. The minimum atomic E-state index is -1.00. The highest BCUT2D eigenvalue weighted by atomic mass is 16.6. The maximum Gasteiger partial charge on any atom is 0.337 e. The number of nitrogens with zero attached hydrogens (tertiary/aromatic N) is 3. The molecule has 4 N–H and O–H groups in total. The number of benzene rings is 2. The van der Waals surface area contributed by atoms with Crippen molar-refractivity contribution in [3.8, 4) is 17.2 Å². The fraction of sp³-hybridized carbons (Fsp3) is 0.217. The number of carbonyl (C=O) groups excluding carboxylic acids is 3. The van der Waals surface area contributed by atoms with E-state index < -0.39 is 57.5 Å². The van der Waals surface area contributed by atoms with Crippen LogP contribution < -0.4 is 25.5 Å². The van der Waals surface area contributed by atoms with Gasteiger partial charge in [-0.25, -0.2) is 15.0 Å². The molecule has 1 aliphatic rings. The number of non-ortho nitro benzene ring substituents is 1. The fourth-order valence-electron chi connectivity index (χ4n) is 3.63. The third-order valence-corrected chi connectivity index (χ3v) is 5.46. The van der Waals surface area contributed by atoms with E-state index in [1.54, 1.807) is 13.0 Å². The lowest BCUT2D eigenvalue weighted by atomic mass is 9.95. The number of hydrogen-bond acceptors (Lipinski definition) is 12. The number of aromatic hydroxyl groups is 1. The van der Waals surface area contributed by atoms with Gasteiger partial charge < -0.3 is 30.0 Å². The maximum atomic E-state index is 12.3. The summed E-state index contributed by atoms with van der Waals surface area (Å²) in [7, 11) is 2.54. The Morgan fingerprint density at radius 1 is 1.15 bits per heavy atom. The Kier molecular flexibility index (Phi) is 8.79. The molecule has 3 amide bonds. The van der Waals surface area contributed by atoms with Gasteiger partial charge in [0.05, 0.1) is 53.5 Å². The first-order valence-corrected chi connectivity index (χ1v) is 11.1. The average Bonchev–Trinajstić information content (AvgIpc) is 2.91. The van der Waals surface area contributed by atoms with Crippen LogP contribution in [0.25, 0.3) is 0 Å². The van der Waals surface area contributed by atoms with E-state index >= 15 is 0 Å². The maximum absolute atomic E-state index is 12.3. The molecule has 0 fully saturated rings. The van der Waals surface area contributed by atoms with Crippen LogP contribution in [0.3, 0.4) is 0 Å². The number of nitro benzene ring substituents is 2. The van der Waals surface area contributed by atoms with Crippen LogP contribution in [0.15, 0.2) is 46.7 Å². The number of phenolic OH excluding ortho intramolecular Hbond substituents is 1. The van der Waals surface area contributed by atoms with Gasteiger partial charge in [0.25, 0.3) is 11.6 Å². The van der Waals surface area contributed by atoms with Crippen molar-refractivity contribution in [3.63, 3.8) is 0 Å². The number of ether oxygens (including phenoxy) is 3. The zero-order chi connectivity index (χ0) is 29.6. The van der Waals surface area contributed by atoms with Crippen LogP contribution in [0, 0.1) is 20.2 Å². The van der Waals surface area contributed by atoms with Crippen molar-refractivity contribution in [2.45, 2.75) is 13.0 Å². The van der Waals surface area contributed by atoms with Gasteiger partial charge in [0.2, 0.25) is 5.75 Å². The van der Waals surface area contributed by atoms with Crippen molar-refractivity contribution >= 4 is 35.5 Å². The topological polar surface area (TPSA) is 234 Å². The van der Waals surface area contributed by atoms with Gasteiger partial charge in [-0.3, -0.25) is 25.0 Å².